The van der Waals surface area contributed by atoms with E-state index in [-0.39, 0.29) is 0 Å². The number of nitrogens with zero attached hydrogens (tertiary/aromatic N) is 2. The first-order valence-corrected chi connectivity index (χ1v) is 6.57. The van der Waals surface area contributed by atoms with Gasteiger partial charge in [-0.3, -0.25) is 0 Å². The van der Waals surface area contributed by atoms with Crippen molar-refractivity contribution in [3.05, 3.63) is 11.6 Å². The van der Waals surface area contributed by atoms with Crippen LogP contribution in [0.1, 0.15) is 26.7 Å². The fourth-order valence-electron chi connectivity index (χ4n) is 1.64. The third-order valence-corrected chi connectivity index (χ3v) is 4.72. The van der Waals surface area contributed by atoms with Crippen LogP contribution in [0, 0.1) is 11.3 Å². The number of rotatable bonds is 3. The van der Waals surface area contributed by atoms with Gasteiger partial charge in [0.2, 0.25) is 10.0 Å². The van der Waals surface area contributed by atoms with Crippen molar-refractivity contribution in [3.8, 4) is 6.07 Å². The van der Waals surface area contributed by atoms with E-state index in [0.717, 1.165) is 12.0 Å². The van der Waals surface area contributed by atoms with Gasteiger partial charge in [-0.05, 0) is 19.8 Å². The molecule has 84 valence electrons. The minimum absolute atomic E-state index is 0.345. The number of hydrogen-bond donors (Lipinski definition) is 0. The van der Waals surface area contributed by atoms with Crippen LogP contribution in [0.4, 0.5) is 0 Å². The van der Waals surface area contributed by atoms with Gasteiger partial charge in [-0.1, -0.05) is 18.6 Å². The molecule has 0 aromatic rings. The Morgan fingerprint density at radius 1 is 1.67 bits per heavy atom. The van der Waals surface area contributed by atoms with Crippen molar-refractivity contribution in [1.82, 2.24) is 4.31 Å². The summed E-state index contributed by atoms with van der Waals surface area (Å²) in [6.45, 7) is 4.56. The molecular formula is C10H16N2O2S. The summed E-state index contributed by atoms with van der Waals surface area (Å²) in [5.41, 5.74) is 1.05. The van der Waals surface area contributed by atoms with Crippen LogP contribution in [-0.4, -0.2) is 31.1 Å². The first-order chi connectivity index (χ1) is 7.02. The maximum atomic E-state index is 12.0. The van der Waals surface area contributed by atoms with Crippen molar-refractivity contribution in [2.24, 2.45) is 0 Å². The van der Waals surface area contributed by atoms with Crippen LogP contribution in [-0.2, 0) is 10.0 Å². The monoisotopic (exact) mass is 228 g/mol. The maximum Gasteiger partial charge on any atom is 0.230 e. The average molecular weight is 228 g/mol. The second-order valence-corrected chi connectivity index (χ2v) is 5.86. The molecule has 0 N–H and O–H groups in total. The van der Waals surface area contributed by atoms with Gasteiger partial charge in [0.15, 0.2) is 5.25 Å². The van der Waals surface area contributed by atoms with Gasteiger partial charge in [0.1, 0.15) is 0 Å². The Bertz CT molecular complexity index is 392. The summed E-state index contributed by atoms with van der Waals surface area (Å²) < 4.78 is 25.4. The zero-order valence-corrected chi connectivity index (χ0v) is 9.92. The third-order valence-electron chi connectivity index (χ3n) is 2.53. The van der Waals surface area contributed by atoms with Crippen molar-refractivity contribution in [1.29, 1.82) is 5.26 Å². The van der Waals surface area contributed by atoms with Gasteiger partial charge in [-0.25, -0.2) is 8.42 Å². The number of sulfonamides is 1. The first kappa shape index (κ1) is 12.2. The summed E-state index contributed by atoms with van der Waals surface area (Å²) in [7, 11) is -3.43. The van der Waals surface area contributed by atoms with Crippen LogP contribution >= 0.6 is 0 Å². The Labute approximate surface area is 91.2 Å². The van der Waals surface area contributed by atoms with E-state index in [1.54, 1.807) is 6.92 Å². The summed E-state index contributed by atoms with van der Waals surface area (Å²) in [5.74, 6) is 0. The molecule has 1 atom stereocenters. The molecule has 0 fully saturated rings. The molecule has 0 saturated heterocycles. The lowest BCUT2D eigenvalue weighted by Gasteiger charge is -2.27. The highest BCUT2D eigenvalue weighted by molar-refractivity contribution is 7.90. The van der Waals surface area contributed by atoms with Gasteiger partial charge in [-0.15, -0.1) is 0 Å². The minimum atomic E-state index is -3.43. The van der Waals surface area contributed by atoms with Gasteiger partial charge in [0.25, 0.3) is 0 Å². The molecule has 15 heavy (non-hydrogen) atoms. The van der Waals surface area contributed by atoms with E-state index in [4.69, 9.17) is 5.26 Å². The molecule has 0 aromatic heterocycles. The van der Waals surface area contributed by atoms with Gasteiger partial charge >= 0.3 is 0 Å². The minimum Gasteiger partial charge on any atom is -0.211 e. The summed E-state index contributed by atoms with van der Waals surface area (Å²) in [5, 5.41) is 7.89. The fraction of sp³-hybridized carbons (Fsp3) is 0.700. The quantitative estimate of drug-likeness (QED) is 0.683. The Morgan fingerprint density at radius 3 is 2.80 bits per heavy atom. The molecule has 0 saturated carbocycles. The van der Waals surface area contributed by atoms with Gasteiger partial charge in [-0.2, -0.15) is 9.57 Å². The smallest absolute Gasteiger partial charge is 0.211 e. The molecule has 0 spiro atoms. The van der Waals surface area contributed by atoms with Crippen molar-refractivity contribution < 1.29 is 8.42 Å². The van der Waals surface area contributed by atoms with Crippen molar-refractivity contribution in [2.75, 3.05) is 13.1 Å². The largest absolute Gasteiger partial charge is 0.230 e. The highest BCUT2D eigenvalue weighted by Gasteiger charge is 2.31. The van der Waals surface area contributed by atoms with E-state index >= 15 is 0 Å². The highest BCUT2D eigenvalue weighted by Crippen LogP contribution is 2.17. The Kier molecular flexibility index (Phi) is 3.89. The molecular weight excluding hydrogens is 212 g/mol. The van der Waals surface area contributed by atoms with Crippen LogP contribution in [0.25, 0.3) is 0 Å². The lowest BCUT2D eigenvalue weighted by atomic mass is 10.2. The van der Waals surface area contributed by atoms with Crippen LogP contribution in [0.5, 0.6) is 0 Å². The van der Waals surface area contributed by atoms with Crippen LogP contribution in [0.3, 0.4) is 0 Å². The van der Waals surface area contributed by atoms with E-state index in [0.29, 0.717) is 19.5 Å². The molecule has 1 aliphatic rings. The molecule has 0 aliphatic carbocycles. The fourth-order valence-corrected chi connectivity index (χ4v) is 3.30. The van der Waals surface area contributed by atoms with Gasteiger partial charge in [0, 0.05) is 13.1 Å². The summed E-state index contributed by atoms with van der Waals surface area (Å²) in [4.78, 5) is 0. The Morgan fingerprint density at radius 2 is 2.33 bits per heavy atom. The summed E-state index contributed by atoms with van der Waals surface area (Å²) in [6, 6.07) is 1.86. The molecule has 0 radical (unpaired) electrons. The molecule has 1 heterocycles. The van der Waals surface area contributed by atoms with Crippen LogP contribution < -0.4 is 0 Å². The summed E-state index contributed by atoms with van der Waals surface area (Å²) in [6.07, 6.45) is 3.13. The zero-order chi connectivity index (χ0) is 11.5. The third kappa shape index (κ3) is 2.58. The van der Waals surface area contributed by atoms with Crippen LogP contribution in [0.15, 0.2) is 11.6 Å². The topological polar surface area (TPSA) is 61.2 Å². The van der Waals surface area contributed by atoms with Crippen LogP contribution in [0.2, 0.25) is 0 Å². The average Bonchev–Trinajstić information content (AvgIpc) is 2.19. The maximum absolute atomic E-state index is 12.0. The predicted octanol–water partition coefficient (Wildman–Crippen LogP) is 1.27. The highest BCUT2D eigenvalue weighted by atomic mass is 32.2. The second kappa shape index (κ2) is 4.77. The molecule has 1 unspecified atom stereocenters. The predicted molar refractivity (Wildman–Crippen MR) is 58.6 cm³/mol. The van der Waals surface area contributed by atoms with Crippen molar-refractivity contribution in [2.45, 2.75) is 31.9 Å². The van der Waals surface area contributed by atoms with E-state index < -0.39 is 15.3 Å². The van der Waals surface area contributed by atoms with Crippen molar-refractivity contribution in [3.63, 3.8) is 0 Å². The SMILES string of the molecule is CCC(C#N)S(=O)(=O)N1CCC=C(C)C1. The van der Waals surface area contributed by atoms with Crippen molar-refractivity contribution >= 4 is 10.0 Å². The standard InChI is InChI=1S/C10H16N2O2S/c1-3-10(7-11)15(13,14)12-6-4-5-9(2)8-12/h5,10H,3-4,6,8H2,1-2H3. The number of nitriles is 1. The molecule has 1 rings (SSSR count). The number of hydrogen-bond acceptors (Lipinski definition) is 3. The summed E-state index contributed by atoms with van der Waals surface area (Å²) >= 11 is 0. The molecule has 0 aromatic carbocycles. The van der Waals surface area contributed by atoms with E-state index in [1.165, 1.54) is 4.31 Å². The van der Waals surface area contributed by atoms with Gasteiger partial charge < -0.3 is 0 Å². The molecule has 0 amide bonds. The van der Waals surface area contributed by atoms with E-state index in [1.807, 2.05) is 19.1 Å². The molecule has 5 heteroatoms. The lowest BCUT2D eigenvalue weighted by Crippen LogP contribution is -2.40. The molecule has 0 bridgehead atoms. The normalized spacial score (nSPS) is 20.5. The molecule has 1 aliphatic heterocycles. The first-order valence-electron chi connectivity index (χ1n) is 5.06. The zero-order valence-electron chi connectivity index (χ0n) is 9.10. The Balaban J connectivity index is 2.88. The van der Waals surface area contributed by atoms with E-state index in [2.05, 4.69) is 0 Å². The lowest BCUT2D eigenvalue weighted by molar-refractivity contribution is 0.423. The molecule has 4 nitrogen and oxygen atoms in total. The van der Waals surface area contributed by atoms with E-state index in [9.17, 15) is 8.42 Å². The Hall–Kier alpha value is -0.860. The van der Waals surface area contributed by atoms with Gasteiger partial charge in [0.05, 0.1) is 6.07 Å². The second-order valence-electron chi connectivity index (χ2n) is 3.74.